The topological polar surface area (TPSA) is 55.4 Å². The first-order valence-corrected chi connectivity index (χ1v) is 10.9. The van der Waals surface area contributed by atoms with E-state index in [1.165, 1.54) is 12.8 Å². The molecule has 29 heavy (non-hydrogen) atoms. The first-order chi connectivity index (χ1) is 14.2. The molecule has 0 N–H and O–H groups in total. The molecule has 3 heterocycles. The van der Waals surface area contributed by atoms with Crippen LogP contribution in [0.3, 0.4) is 0 Å². The van der Waals surface area contributed by atoms with Gasteiger partial charge in [0.05, 0.1) is 23.1 Å². The molecule has 2 aromatic carbocycles. The van der Waals surface area contributed by atoms with E-state index in [-0.39, 0.29) is 5.56 Å². The Morgan fingerprint density at radius 2 is 1.72 bits per heavy atom. The third-order valence-electron chi connectivity index (χ3n) is 5.70. The van der Waals surface area contributed by atoms with Crippen molar-refractivity contribution in [1.82, 2.24) is 19.2 Å². The highest BCUT2D eigenvalue weighted by molar-refractivity contribution is 9.10. The van der Waals surface area contributed by atoms with Crippen LogP contribution >= 0.6 is 15.9 Å². The summed E-state index contributed by atoms with van der Waals surface area (Å²) < 4.78 is 4.62. The molecule has 1 fully saturated rings. The molecule has 0 unspecified atom stereocenters. The highest BCUT2D eigenvalue weighted by Gasteiger charge is 2.22. The highest BCUT2D eigenvalue weighted by atomic mass is 79.9. The van der Waals surface area contributed by atoms with Crippen molar-refractivity contribution in [3.8, 4) is 0 Å². The Hall–Kier alpha value is -2.67. The Bertz CT molecular complexity index is 1220. The van der Waals surface area contributed by atoms with Crippen molar-refractivity contribution in [2.75, 3.05) is 18.0 Å². The Morgan fingerprint density at radius 1 is 0.966 bits per heavy atom. The molecule has 2 aromatic heterocycles. The van der Waals surface area contributed by atoms with Gasteiger partial charge in [-0.25, -0.2) is 0 Å². The molecule has 0 amide bonds. The van der Waals surface area contributed by atoms with Crippen LogP contribution in [0.4, 0.5) is 5.69 Å². The monoisotopic (exact) mass is 451 g/mol. The zero-order valence-electron chi connectivity index (χ0n) is 16.1. The van der Waals surface area contributed by atoms with Gasteiger partial charge in [0.25, 0.3) is 5.56 Å². The Labute approximate surface area is 176 Å². The lowest BCUT2D eigenvalue weighted by atomic mass is 10.1. The SMILES string of the molecule is O=c1c2c(N3CCCCCC3)c(Br)ccc2n2cnnc2n1Cc1ccccc1. The van der Waals surface area contributed by atoms with E-state index < -0.39 is 0 Å². The summed E-state index contributed by atoms with van der Waals surface area (Å²) in [6.07, 6.45) is 6.48. The highest BCUT2D eigenvalue weighted by Crippen LogP contribution is 2.34. The van der Waals surface area contributed by atoms with E-state index in [0.29, 0.717) is 12.3 Å². The van der Waals surface area contributed by atoms with Crippen LogP contribution in [0.25, 0.3) is 16.7 Å². The van der Waals surface area contributed by atoms with Crippen LogP contribution in [0.2, 0.25) is 0 Å². The number of benzene rings is 2. The summed E-state index contributed by atoms with van der Waals surface area (Å²) in [6.45, 7) is 2.40. The predicted molar refractivity (Wildman–Crippen MR) is 119 cm³/mol. The number of halogens is 1. The van der Waals surface area contributed by atoms with Gasteiger partial charge in [-0.1, -0.05) is 43.2 Å². The van der Waals surface area contributed by atoms with Gasteiger partial charge in [0, 0.05) is 17.6 Å². The van der Waals surface area contributed by atoms with Gasteiger partial charge < -0.3 is 4.90 Å². The van der Waals surface area contributed by atoms with E-state index in [1.807, 2.05) is 46.9 Å². The zero-order chi connectivity index (χ0) is 19.8. The molecule has 4 aromatic rings. The second kappa shape index (κ2) is 7.63. The summed E-state index contributed by atoms with van der Waals surface area (Å²) in [7, 11) is 0. The van der Waals surface area contributed by atoms with Gasteiger partial charge in [0.15, 0.2) is 0 Å². The number of rotatable bonds is 3. The number of hydrogen-bond donors (Lipinski definition) is 0. The maximum absolute atomic E-state index is 13.8. The average molecular weight is 452 g/mol. The molecule has 0 radical (unpaired) electrons. The van der Waals surface area contributed by atoms with Gasteiger partial charge in [-0.15, -0.1) is 10.2 Å². The normalized spacial score (nSPS) is 15.1. The van der Waals surface area contributed by atoms with E-state index in [9.17, 15) is 4.79 Å². The fourth-order valence-corrected chi connectivity index (χ4v) is 4.87. The number of nitrogens with zero attached hydrogens (tertiary/aromatic N) is 5. The van der Waals surface area contributed by atoms with Crippen molar-refractivity contribution >= 4 is 38.3 Å². The smallest absolute Gasteiger partial charge is 0.265 e. The van der Waals surface area contributed by atoms with E-state index >= 15 is 0 Å². The van der Waals surface area contributed by atoms with E-state index in [0.717, 1.165) is 52.6 Å². The number of fused-ring (bicyclic) bond motifs is 3. The molecule has 1 aliphatic rings. The summed E-state index contributed by atoms with van der Waals surface area (Å²) in [5, 5.41) is 9.08. The second-order valence-electron chi connectivity index (χ2n) is 7.57. The number of anilines is 1. The quantitative estimate of drug-likeness (QED) is 0.467. The lowest BCUT2D eigenvalue weighted by molar-refractivity contribution is 0.726. The minimum Gasteiger partial charge on any atom is -0.370 e. The maximum Gasteiger partial charge on any atom is 0.265 e. The molecule has 5 rings (SSSR count). The van der Waals surface area contributed by atoms with Crippen LogP contribution in [0.1, 0.15) is 31.2 Å². The zero-order valence-corrected chi connectivity index (χ0v) is 17.7. The van der Waals surface area contributed by atoms with E-state index in [2.05, 4.69) is 31.0 Å². The molecule has 0 atom stereocenters. The lowest BCUT2D eigenvalue weighted by Crippen LogP contribution is -2.29. The van der Waals surface area contributed by atoms with Crippen molar-refractivity contribution in [3.05, 3.63) is 69.2 Å². The largest absolute Gasteiger partial charge is 0.370 e. The van der Waals surface area contributed by atoms with E-state index in [4.69, 9.17) is 0 Å². The van der Waals surface area contributed by atoms with Gasteiger partial charge >= 0.3 is 0 Å². The summed E-state index contributed by atoms with van der Waals surface area (Å²) in [6, 6.07) is 14.0. The maximum atomic E-state index is 13.8. The fourth-order valence-electron chi connectivity index (χ4n) is 4.29. The Morgan fingerprint density at radius 3 is 2.48 bits per heavy atom. The number of hydrogen-bond acceptors (Lipinski definition) is 4. The van der Waals surface area contributed by atoms with E-state index in [1.54, 1.807) is 10.9 Å². The summed E-state index contributed by atoms with van der Waals surface area (Å²) in [5.74, 6) is 0.565. The van der Waals surface area contributed by atoms with Gasteiger partial charge in [0.2, 0.25) is 5.78 Å². The molecular formula is C22H22BrN5O. The van der Waals surface area contributed by atoms with Crippen molar-refractivity contribution in [1.29, 1.82) is 0 Å². The Kier molecular flexibility index (Phi) is 4.83. The lowest BCUT2D eigenvalue weighted by Gasteiger charge is -2.26. The van der Waals surface area contributed by atoms with Crippen LogP contribution in [0.15, 0.2) is 58.1 Å². The van der Waals surface area contributed by atoms with Crippen molar-refractivity contribution in [2.45, 2.75) is 32.2 Å². The standard InChI is InChI=1S/C22H22BrN5O/c23-17-10-11-18-19(20(17)26-12-6-1-2-7-13-26)21(29)27(22-25-24-15-28(18)22)14-16-8-4-3-5-9-16/h3-5,8-11,15H,1-2,6-7,12-14H2. The second-order valence-corrected chi connectivity index (χ2v) is 8.42. The molecular weight excluding hydrogens is 430 g/mol. The molecule has 6 nitrogen and oxygen atoms in total. The van der Waals surface area contributed by atoms with Crippen molar-refractivity contribution in [3.63, 3.8) is 0 Å². The number of aromatic nitrogens is 4. The van der Waals surface area contributed by atoms with Gasteiger partial charge in [-0.2, -0.15) is 0 Å². The first-order valence-electron chi connectivity index (χ1n) is 10.1. The molecule has 7 heteroatoms. The molecule has 0 saturated carbocycles. The van der Waals surface area contributed by atoms with Crippen LogP contribution in [0.5, 0.6) is 0 Å². The molecule has 0 bridgehead atoms. The summed E-state index contributed by atoms with van der Waals surface area (Å²) in [5.41, 5.74) is 2.88. The molecule has 0 spiro atoms. The van der Waals surface area contributed by atoms with Gasteiger partial charge in [-0.05, 0) is 46.5 Å². The van der Waals surface area contributed by atoms with Gasteiger partial charge in [0.1, 0.15) is 6.33 Å². The van der Waals surface area contributed by atoms with Crippen molar-refractivity contribution in [2.24, 2.45) is 0 Å². The third kappa shape index (κ3) is 3.23. The molecule has 1 saturated heterocycles. The minimum absolute atomic E-state index is 0.0232. The van der Waals surface area contributed by atoms with Crippen LogP contribution < -0.4 is 10.5 Å². The minimum atomic E-state index is -0.0232. The third-order valence-corrected chi connectivity index (χ3v) is 6.34. The summed E-state index contributed by atoms with van der Waals surface area (Å²) in [4.78, 5) is 16.1. The van der Waals surface area contributed by atoms with Crippen LogP contribution in [-0.4, -0.2) is 32.3 Å². The molecule has 1 aliphatic heterocycles. The van der Waals surface area contributed by atoms with Crippen molar-refractivity contribution < 1.29 is 0 Å². The molecule has 0 aliphatic carbocycles. The fraction of sp³-hybridized carbons (Fsp3) is 0.318. The summed E-state index contributed by atoms with van der Waals surface area (Å²) >= 11 is 3.73. The average Bonchev–Trinajstić information content (AvgIpc) is 3.07. The van der Waals surface area contributed by atoms with Crippen LogP contribution in [-0.2, 0) is 6.54 Å². The van der Waals surface area contributed by atoms with Crippen LogP contribution in [0, 0.1) is 0 Å². The first kappa shape index (κ1) is 18.4. The van der Waals surface area contributed by atoms with Gasteiger partial charge in [-0.3, -0.25) is 13.8 Å². The predicted octanol–water partition coefficient (Wildman–Crippen LogP) is 4.24. The molecule has 148 valence electrons. The Balaban J connectivity index is 1.79.